The van der Waals surface area contributed by atoms with Crippen molar-refractivity contribution in [2.24, 2.45) is 5.92 Å². The molecule has 3 nitrogen and oxygen atoms in total. The topological polar surface area (TPSA) is 40.5 Å². The number of likely N-dealkylation sites (tertiary alicyclic amines) is 1. The van der Waals surface area contributed by atoms with Crippen molar-refractivity contribution in [1.82, 2.24) is 4.90 Å². The molecule has 1 rings (SSSR count). The first-order valence-corrected chi connectivity index (χ1v) is 6.64. The van der Waals surface area contributed by atoms with Gasteiger partial charge in [-0.2, -0.15) is 0 Å². The monoisotopic (exact) mass is 227 g/mol. The van der Waals surface area contributed by atoms with Crippen LogP contribution in [-0.4, -0.2) is 35.1 Å². The highest BCUT2D eigenvalue weighted by atomic mass is 16.4. The van der Waals surface area contributed by atoms with Crippen LogP contribution in [0.1, 0.15) is 52.4 Å². The Morgan fingerprint density at radius 2 is 1.75 bits per heavy atom. The van der Waals surface area contributed by atoms with Crippen LogP contribution in [0.4, 0.5) is 0 Å². The van der Waals surface area contributed by atoms with Crippen molar-refractivity contribution in [2.75, 3.05) is 13.1 Å². The van der Waals surface area contributed by atoms with Crippen molar-refractivity contribution in [3.63, 3.8) is 0 Å². The van der Waals surface area contributed by atoms with Gasteiger partial charge in [0.05, 0.1) is 6.42 Å². The van der Waals surface area contributed by atoms with Crippen LogP contribution in [0.15, 0.2) is 0 Å². The minimum atomic E-state index is -0.650. The number of rotatable bonds is 6. The van der Waals surface area contributed by atoms with Crippen LogP contribution in [0.3, 0.4) is 0 Å². The first-order valence-electron chi connectivity index (χ1n) is 6.64. The number of carboxylic acid groups (broad SMARTS) is 1. The summed E-state index contributed by atoms with van der Waals surface area (Å²) >= 11 is 0. The molecule has 1 heterocycles. The van der Waals surface area contributed by atoms with Gasteiger partial charge in [0.25, 0.3) is 0 Å². The molecule has 0 aliphatic carbocycles. The molecule has 0 bridgehead atoms. The van der Waals surface area contributed by atoms with Gasteiger partial charge in [-0.15, -0.1) is 0 Å². The zero-order valence-electron chi connectivity index (χ0n) is 10.6. The van der Waals surface area contributed by atoms with E-state index in [2.05, 4.69) is 18.7 Å². The van der Waals surface area contributed by atoms with Gasteiger partial charge in [-0.05, 0) is 31.8 Å². The van der Waals surface area contributed by atoms with E-state index in [4.69, 9.17) is 5.11 Å². The van der Waals surface area contributed by atoms with Crippen molar-refractivity contribution >= 4 is 5.97 Å². The first-order chi connectivity index (χ1) is 7.69. The maximum Gasteiger partial charge on any atom is 0.304 e. The predicted octanol–water partition coefficient (Wildman–Crippen LogP) is 2.75. The number of piperidine rings is 1. The summed E-state index contributed by atoms with van der Waals surface area (Å²) in [7, 11) is 0. The summed E-state index contributed by atoms with van der Waals surface area (Å²) < 4.78 is 0. The molecule has 0 amide bonds. The van der Waals surface area contributed by atoms with E-state index >= 15 is 0 Å². The third-order valence-electron chi connectivity index (χ3n) is 3.84. The molecule has 1 aliphatic rings. The molecule has 16 heavy (non-hydrogen) atoms. The van der Waals surface area contributed by atoms with Crippen molar-refractivity contribution in [3.8, 4) is 0 Å². The van der Waals surface area contributed by atoms with E-state index in [1.54, 1.807) is 0 Å². The molecule has 0 aromatic carbocycles. The van der Waals surface area contributed by atoms with E-state index in [9.17, 15) is 4.79 Å². The zero-order chi connectivity index (χ0) is 12.0. The molecule has 1 saturated heterocycles. The van der Waals surface area contributed by atoms with Crippen LogP contribution in [0, 0.1) is 5.92 Å². The Morgan fingerprint density at radius 1 is 1.19 bits per heavy atom. The van der Waals surface area contributed by atoms with Gasteiger partial charge in [-0.25, -0.2) is 0 Å². The molecule has 1 fully saturated rings. The summed E-state index contributed by atoms with van der Waals surface area (Å²) in [4.78, 5) is 13.4. The van der Waals surface area contributed by atoms with Crippen molar-refractivity contribution in [3.05, 3.63) is 0 Å². The SMILES string of the molecule is CCC(CC)C(CC(=O)O)N1CCCCC1. The molecule has 0 aromatic rings. The second-order valence-electron chi connectivity index (χ2n) is 4.84. The van der Waals surface area contributed by atoms with E-state index in [-0.39, 0.29) is 6.04 Å². The molecule has 1 unspecified atom stereocenters. The van der Waals surface area contributed by atoms with Crippen molar-refractivity contribution in [1.29, 1.82) is 0 Å². The third kappa shape index (κ3) is 3.78. The van der Waals surface area contributed by atoms with Crippen molar-refractivity contribution < 1.29 is 9.90 Å². The molecule has 0 aromatic heterocycles. The minimum Gasteiger partial charge on any atom is -0.481 e. The quantitative estimate of drug-likeness (QED) is 0.758. The van der Waals surface area contributed by atoms with E-state index < -0.39 is 5.97 Å². The normalized spacial score (nSPS) is 19.9. The fraction of sp³-hybridized carbons (Fsp3) is 0.923. The maximum absolute atomic E-state index is 11.0. The van der Waals surface area contributed by atoms with Crippen LogP contribution in [-0.2, 0) is 4.79 Å². The molecule has 0 radical (unpaired) electrons. The number of aliphatic carboxylic acids is 1. The predicted molar refractivity (Wildman–Crippen MR) is 65.5 cm³/mol. The third-order valence-corrected chi connectivity index (χ3v) is 3.84. The van der Waals surface area contributed by atoms with E-state index in [1.807, 2.05) is 0 Å². The molecule has 0 spiro atoms. The molecule has 1 aliphatic heterocycles. The number of nitrogens with zero attached hydrogens (tertiary/aromatic N) is 1. The molecule has 0 saturated carbocycles. The van der Waals surface area contributed by atoms with Crippen molar-refractivity contribution in [2.45, 2.75) is 58.4 Å². The summed E-state index contributed by atoms with van der Waals surface area (Å²) in [6, 6.07) is 0.257. The van der Waals surface area contributed by atoms with Gasteiger partial charge in [-0.3, -0.25) is 9.69 Å². The minimum absolute atomic E-state index is 0.257. The van der Waals surface area contributed by atoms with Gasteiger partial charge < -0.3 is 5.11 Å². The summed E-state index contributed by atoms with van der Waals surface area (Å²) in [5.41, 5.74) is 0. The molecule has 94 valence electrons. The Hall–Kier alpha value is -0.570. The average Bonchev–Trinajstić information content (AvgIpc) is 2.30. The Bertz CT molecular complexity index is 208. The standard InChI is InChI=1S/C13H25NO2/c1-3-11(4-2)12(10-13(15)16)14-8-6-5-7-9-14/h11-12H,3-10H2,1-2H3,(H,15,16). The average molecular weight is 227 g/mol. The van der Waals surface area contributed by atoms with Gasteiger partial charge in [0.2, 0.25) is 0 Å². The van der Waals surface area contributed by atoms with E-state index in [0.717, 1.165) is 25.9 Å². The Morgan fingerprint density at radius 3 is 2.19 bits per heavy atom. The Labute approximate surface area is 98.8 Å². The largest absolute Gasteiger partial charge is 0.481 e. The van der Waals surface area contributed by atoms with Gasteiger partial charge in [0, 0.05) is 6.04 Å². The lowest BCUT2D eigenvalue weighted by Gasteiger charge is -2.38. The number of hydrogen-bond acceptors (Lipinski definition) is 2. The summed E-state index contributed by atoms with van der Waals surface area (Å²) in [6.45, 7) is 6.53. The van der Waals surface area contributed by atoms with Gasteiger partial charge in [0.15, 0.2) is 0 Å². The second-order valence-corrected chi connectivity index (χ2v) is 4.84. The fourth-order valence-corrected chi connectivity index (χ4v) is 2.86. The molecule has 1 N–H and O–H groups in total. The number of carbonyl (C=O) groups is 1. The van der Waals surface area contributed by atoms with Crippen LogP contribution in [0.5, 0.6) is 0 Å². The van der Waals surface area contributed by atoms with E-state index in [0.29, 0.717) is 12.3 Å². The lowest BCUT2D eigenvalue weighted by molar-refractivity contribution is -0.139. The van der Waals surface area contributed by atoms with Gasteiger partial charge in [0.1, 0.15) is 0 Å². The number of hydrogen-bond donors (Lipinski definition) is 1. The highest BCUT2D eigenvalue weighted by Crippen LogP contribution is 2.24. The summed E-state index contributed by atoms with van der Waals surface area (Å²) in [5, 5.41) is 9.03. The van der Waals surface area contributed by atoms with Gasteiger partial charge >= 0.3 is 5.97 Å². The van der Waals surface area contributed by atoms with Gasteiger partial charge in [-0.1, -0.05) is 33.1 Å². The fourth-order valence-electron chi connectivity index (χ4n) is 2.86. The van der Waals surface area contributed by atoms with Crippen LogP contribution in [0.25, 0.3) is 0 Å². The Kier molecular flexibility index (Phi) is 5.81. The number of carboxylic acids is 1. The zero-order valence-corrected chi connectivity index (χ0v) is 10.6. The lowest BCUT2D eigenvalue weighted by Crippen LogP contribution is -2.44. The van der Waals surface area contributed by atoms with Crippen LogP contribution >= 0.6 is 0 Å². The summed E-state index contributed by atoms with van der Waals surface area (Å²) in [6.07, 6.45) is 6.26. The highest BCUT2D eigenvalue weighted by molar-refractivity contribution is 5.67. The van der Waals surface area contributed by atoms with E-state index in [1.165, 1.54) is 19.3 Å². The Balaban J connectivity index is 2.63. The summed E-state index contributed by atoms with van der Waals surface area (Å²) in [5.74, 6) is -0.114. The molecular weight excluding hydrogens is 202 g/mol. The smallest absolute Gasteiger partial charge is 0.304 e. The first kappa shape index (κ1) is 13.5. The molecule has 1 atom stereocenters. The van der Waals surface area contributed by atoms with Crippen LogP contribution < -0.4 is 0 Å². The molecular formula is C13H25NO2. The highest BCUT2D eigenvalue weighted by Gasteiger charge is 2.28. The van der Waals surface area contributed by atoms with Crippen LogP contribution in [0.2, 0.25) is 0 Å². The lowest BCUT2D eigenvalue weighted by atomic mass is 9.89. The second kappa shape index (κ2) is 6.89. The molecule has 3 heteroatoms. The maximum atomic E-state index is 11.0.